The number of nitro benzene ring substituents is 1. The molecule has 0 saturated carbocycles. The fraction of sp³-hybridized carbons (Fsp3) is 0.269. The van der Waals surface area contributed by atoms with Crippen molar-refractivity contribution in [3.63, 3.8) is 0 Å². The lowest BCUT2D eigenvalue weighted by atomic mass is 10.2. The lowest BCUT2D eigenvalue weighted by molar-refractivity contribution is -0.384. The molecule has 34 heavy (non-hydrogen) atoms. The molecular weight excluding hydrogens is 434 g/mol. The van der Waals surface area contributed by atoms with Crippen molar-refractivity contribution < 1.29 is 19.2 Å². The Bertz CT molecular complexity index is 1140. The molecule has 0 heterocycles. The third-order valence-electron chi connectivity index (χ3n) is 5.06. The van der Waals surface area contributed by atoms with Gasteiger partial charge in [0.1, 0.15) is 11.5 Å². The minimum absolute atomic E-state index is 0.0907. The first kappa shape index (κ1) is 24.6. The first-order valence-corrected chi connectivity index (χ1v) is 11.2. The molecule has 0 saturated heterocycles. The molecule has 0 fully saturated rings. The maximum absolute atomic E-state index is 12.3. The number of carbonyl (C=O) groups excluding carboxylic acids is 1. The lowest BCUT2D eigenvalue weighted by Gasteiger charge is -2.08. The number of nitrogens with zero attached hydrogens (tertiary/aromatic N) is 3. The van der Waals surface area contributed by atoms with Crippen LogP contribution >= 0.6 is 0 Å². The lowest BCUT2D eigenvalue weighted by Crippen LogP contribution is -2.09. The number of esters is 1. The number of azo groups is 1. The van der Waals surface area contributed by atoms with Crippen LogP contribution < -0.4 is 9.47 Å². The Labute approximate surface area is 198 Å². The number of unbranched alkanes of at least 4 members (excludes halogenated alkanes) is 3. The van der Waals surface area contributed by atoms with Crippen LogP contribution in [0.2, 0.25) is 0 Å². The van der Waals surface area contributed by atoms with Gasteiger partial charge < -0.3 is 9.47 Å². The highest BCUT2D eigenvalue weighted by Gasteiger charge is 2.13. The molecule has 0 radical (unpaired) electrons. The summed E-state index contributed by atoms with van der Waals surface area (Å²) in [7, 11) is 0. The molecule has 8 heteroatoms. The average molecular weight is 462 g/mol. The van der Waals surface area contributed by atoms with Crippen molar-refractivity contribution in [3.05, 3.63) is 88.0 Å². The summed E-state index contributed by atoms with van der Waals surface area (Å²) in [4.78, 5) is 22.6. The van der Waals surface area contributed by atoms with E-state index in [1.54, 1.807) is 25.1 Å². The van der Waals surface area contributed by atoms with Gasteiger partial charge >= 0.3 is 5.97 Å². The Hall–Kier alpha value is -4.07. The van der Waals surface area contributed by atoms with Crippen LogP contribution in [0.15, 0.2) is 77.0 Å². The van der Waals surface area contributed by atoms with E-state index in [1.807, 2.05) is 24.3 Å². The van der Waals surface area contributed by atoms with E-state index in [1.165, 1.54) is 43.5 Å². The van der Waals surface area contributed by atoms with Gasteiger partial charge in [-0.3, -0.25) is 10.1 Å². The Balaban J connectivity index is 1.56. The molecular formula is C26H27N3O5. The van der Waals surface area contributed by atoms with E-state index in [-0.39, 0.29) is 11.3 Å². The molecule has 8 nitrogen and oxygen atoms in total. The predicted molar refractivity (Wildman–Crippen MR) is 129 cm³/mol. The number of carbonyl (C=O) groups is 1. The van der Waals surface area contributed by atoms with Gasteiger partial charge in [-0.2, -0.15) is 10.2 Å². The van der Waals surface area contributed by atoms with E-state index in [9.17, 15) is 14.9 Å². The topological polar surface area (TPSA) is 103 Å². The molecule has 0 N–H and O–H groups in total. The molecule has 176 valence electrons. The number of ether oxygens (including phenoxy) is 2. The Morgan fingerprint density at radius 1 is 0.912 bits per heavy atom. The normalized spacial score (nSPS) is 10.9. The molecule has 0 bridgehead atoms. The number of nitro groups is 1. The van der Waals surface area contributed by atoms with E-state index in [0.29, 0.717) is 29.3 Å². The fourth-order valence-electron chi connectivity index (χ4n) is 3.13. The molecule has 3 aromatic carbocycles. The molecule has 0 aliphatic carbocycles. The monoisotopic (exact) mass is 461 g/mol. The van der Waals surface area contributed by atoms with Gasteiger partial charge in [-0.1, -0.05) is 26.2 Å². The smallest absolute Gasteiger partial charge is 0.343 e. The van der Waals surface area contributed by atoms with Crippen molar-refractivity contribution in [2.24, 2.45) is 10.2 Å². The van der Waals surface area contributed by atoms with Crippen molar-refractivity contribution >= 4 is 23.0 Å². The molecule has 0 spiro atoms. The van der Waals surface area contributed by atoms with Crippen molar-refractivity contribution in [2.75, 3.05) is 6.61 Å². The number of hydrogen-bond donors (Lipinski definition) is 0. The second-order valence-corrected chi connectivity index (χ2v) is 7.75. The van der Waals surface area contributed by atoms with E-state index < -0.39 is 10.9 Å². The fourth-order valence-corrected chi connectivity index (χ4v) is 3.13. The SMILES string of the molecule is CCCCCCOc1ccc(N=Nc2ccc(OC(=O)c3ccc([N+](=O)[O-])cc3)c(C)c2)cc1. The highest BCUT2D eigenvalue weighted by atomic mass is 16.6. The van der Waals surface area contributed by atoms with Crippen molar-refractivity contribution in [2.45, 2.75) is 39.5 Å². The number of hydrogen-bond acceptors (Lipinski definition) is 7. The molecule has 0 unspecified atom stereocenters. The molecule has 0 atom stereocenters. The Morgan fingerprint density at radius 3 is 2.24 bits per heavy atom. The first-order valence-electron chi connectivity index (χ1n) is 11.2. The van der Waals surface area contributed by atoms with E-state index in [0.717, 1.165) is 12.2 Å². The summed E-state index contributed by atoms with van der Waals surface area (Å²) in [5, 5.41) is 19.2. The average Bonchev–Trinajstić information content (AvgIpc) is 2.85. The minimum atomic E-state index is -0.597. The highest BCUT2D eigenvalue weighted by Crippen LogP contribution is 2.27. The van der Waals surface area contributed by atoms with Crippen molar-refractivity contribution in [3.8, 4) is 11.5 Å². The Kier molecular flexibility index (Phi) is 8.85. The van der Waals surface area contributed by atoms with Crippen LogP contribution in [0.25, 0.3) is 0 Å². The number of benzene rings is 3. The molecule has 0 aliphatic rings. The van der Waals surface area contributed by atoms with Crippen LogP contribution in [0.4, 0.5) is 17.1 Å². The summed E-state index contributed by atoms with van der Waals surface area (Å²) in [5.74, 6) is 0.591. The first-order chi connectivity index (χ1) is 16.5. The third-order valence-corrected chi connectivity index (χ3v) is 5.06. The Morgan fingerprint density at radius 2 is 1.59 bits per heavy atom. The van der Waals surface area contributed by atoms with Gasteiger partial charge in [0.25, 0.3) is 5.69 Å². The second-order valence-electron chi connectivity index (χ2n) is 7.75. The maximum atomic E-state index is 12.3. The summed E-state index contributed by atoms with van der Waals surface area (Å²) in [5.41, 5.74) is 2.15. The van der Waals surface area contributed by atoms with E-state index >= 15 is 0 Å². The molecule has 0 amide bonds. The zero-order valence-electron chi connectivity index (χ0n) is 19.3. The second kappa shape index (κ2) is 12.2. The zero-order valence-corrected chi connectivity index (χ0v) is 19.3. The van der Waals surface area contributed by atoms with Gasteiger partial charge in [0, 0.05) is 12.1 Å². The van der Waals surface area contributed by atoms with Gasteiger partial charge in [-0.15, -0.1) is 0 Å². The van der Waals surface area contributed by atoms with Crippen LogP contribution in [0.1, 0.15) is 48.5 Å². The van der Waals surface area contributed by atoms with Crippen molar-refractivity contribution in [1.82, 2.24) is 0 Å². The third kappa shape index (κ3) is 7.23. The maximum Gasteiger partial charge on any atom is 0.343 e. The van der Waals surface area contributed by atoms with Gasteiger partial charge in [0.05, 0.1) is 28.5 Å². The molecule has 3 rings (SSSR count). The molecule has 0 aliphatic heterocycles. The predicted octanol–water partition coefficient (Wildman–Crippen LogP) is 7.50. The van der Waals surface area contributed by atoms with Crippen LogP contribution in [0.3, 0.4) is 0 Å². The standard InChI is InChI=1S/C26H27N3O5/c1-3-4-5-6-17-33-24-14-9-21(10-15-24)27-28-22-11-16-25(19(2)18-22)34-26(30)20-7-12-23(13-8-20)29(31)32/h7-16,18H,3-6,17H2,1-2H3. The summed E-state index contributed by atoms with van der Waals surface area (Å²) in [6.45, 7) is 4.69. The highest BCUT2D eigenvalue weighted by molar-refractivity contribution is 5.91. The van der Waals surface area contributed by atoms with E-state index in [2.05, 4.69) is 17.2 Å². The zero-order chi connectivity index (χ0) is 24.3. The van der Waals surface area contributed by atoms with Gasteiger partial charge in [0.2, 0.25) is 0 Å². The molecule has 3 aromatic rings. The van der Waals surface area contributed by atoms with Crippen molar-refractivity contribution in [1.29, 1.82) is 0 Å². The van der Waals surface area contributed by atoms with Crippen LogP contribution in [0.5, 0.6) is 11.5 Å². The van der Waals surface area contributed by atoms with Gasteiger partial charge in [-0.05, 0) is 73.5 Å². The van der Waals surface area contributed by atoms with Crippen LogP contribution in [-0.2, 0) is 0 Å². The summed E-state index contributed by atoms with van der Waals surface area (Å²) in [6, 6.07) is 17.8. The summed E-state index contributed by atoms with van der Waals surface area (Å²) >= 11 is 0. The number of aryl methyl sites for hydroxylation is 1. The van der Waals surface area contributed by atoms with Gasteiger partial charge in [-0.25, -0.2) is 4.79 Å². The number of rotatable bonds is 11. The number of non-ortho nitro benzene ring substituents is 1. The van der Waals surface area contributed by atoms with Crippen LogP contribution in [-0.4, -0.2) is 17.5 Å². The summed E-state index contributed by atoms with van der Waals surface area (Å²) < 4.78 is 11.2. The van der Waals surface area contributed by atoms with Crippen LogP contribution in [0, 0.1) is 17.0 Å². The summed E-state index contributed by atoms with van der Waals surface area (Å²) in [6.07, 6.45) is 4.66. The van der Waals surface area contributed by atoms with E-state index in [4.69, 9.17) is 9.47 Å². The quantitative estimate of drug-likeness (QED) is 0.0734. The minimum Gasteiger partial charge on any atom is -0.494 e. The largest absolute Gasteiger partial charge is 0.494 e. The van der Waals surface area contributed by atoms with Gasteiger partial charge in [0.15, 0.2) is 0 Å². The molecule has 0 aromatic heterocycles.